The van der Waals surface area contributed by atoms with Gasteiger partial charge >= 0.3 is 0 Å². The number of aryl methyl sites for hydroxylation is 1. The maximum Gasteiger partial charge on any atom is 0.273 e. The van der Waals surface area contributed by atoms with E-state index in [1.807, 2.05) is 34.8 Å². The monoisotopic (exact) mass is 418 g/mol. The zero-order valence-electron chi connectivity index (χ0n) is 19.1. The molecule has 1 N–H and O–H groups in total. The molecule has 1 fully saturated rings. The van der Waals surface area contributed by atoms with Crippen molar-refractivity contribution < 1.29 is 0 Å². The molecule has 31 heavy (non-hydrogen) atoms. The van der Waals surface area contributed by atoms with Crippen LogP contribution >= 0.6 is 0 Å². The summed E-state index contributed by atoms with van der Waals surface area (Å²) in [4.78, 5) is 13.2. The second-order valence-corrected chi connectivity index (χ2v) is 9.36. The molecule has 4 rings (SSSR count). The Bertz CT molecular complexity index is 1070. The van der Waals surface area contributed by atoms with Gasteiger partial charge < -0.3 is 9.88 Å². The first-order chi connectivity index (χ1) is 14.9. The van der Waals surface area contributed by atoms with Gasteiger partial charge in [0.1, 0.15) is 5.69 Å². The van der Waals surface area contributed by atoms with Crippen LogP contribution in [-0.2, 0) is 13.6 Å². The Hall–Kier alpha value is -2.82. The second-order valence-electron chi connectivity index (χ2n) is 9.36. The molecule has 0 spiro atoms. The lowest BCUT2D eigenvalue weighted by molar-refractivity contribution is 0.411. The van der Waals surface area contributed by atoms with Gasteiger partial charge in [-0.2, -0.15) is 5.10 Å². The topological polar surface area (TPSA) is 51.9 Å². The van der Waals surface area contributed by atoms with Crippen LogP contribution in [0.25, 0.3) is 11.1 Å². The molecule has 0 atom stereocenters. The van der Waals surface area contributed by atoms with Gasteiger partial charge in [0.2, 0.25) is 0 Å². The molecule has 1 aliphatic rings. The van der Waals surface area contributed by atoms with Crippen molar-refractivity contribution in [2.24, 2.45) is 13.0 Å². The number of nitrogens with zero attached hydrogens (tertiary/aromatic N) is 3. The third-order valence-electron chi connectivity index (χ3n) is 6.55. The van der Waals surface area contributed by atoms with E-state index in [1.54, 1.807) is 0 Å². The number of nitrogens with one attached hydrogen (secondary N) is 1. The van der Waals surface area contributed by atoms with E-state index in [0.717, 1.165) is 42.5 Å². The molecule has 0 bridgehead atoms. The fraction of sp³-hybridized carbons (Fsp3) is 0.462. The molecule has 2 heterocycles. The molecule has 2 aromatic heterocycles. The number of anilines is 1. The first-order valence-electron chi connectivity index (χ1n) is 11.5. The van der Waals surface area contributed by atoms with Gasteiger partial charge in [-0.15, -0.1) is 0 Å². The molecule has 164 valence electrons. The smallest absolute Gasteiger partial charge is 0.273 e. The number of rotatable bonds is 6. The highest BCUT2D eigenvalue weighted by Crippen LogP contribution is 2.34. The van der Waals surface area contributed by atoms with Crippen LogP contribution in [0.4, 0.5) is 5.69 Å². The maximum absolute atomic E-state index is 13.2. The van der Waals surface area contributed by atoms with Crippen LogP contribution < -0.4 is 10.9 Å². The maximum atomic E-state index is 13.2. The van der Waals surface area contributed by atoms with E-state index >= 15 is 0 Å². The van der Waals surface area contributed by atoms with Crippen molar-refractivity contribution in [2.45, 2.75) is 65.0 Å². The van der Waals surface area contributed by atoms with Crippen molar-refractivity contribution >= 4 is 5.69 Å². The summed E-state index contributed by atoms with van der Waals surface area (Å²) in [5.74, 6) is 1.03. The standard InChI is InChI=1S/C26H34N4O/c1-18(2)16-30-17-22(24-15-27-29(4)19(24)3)14-25(26(30)31)28-23-12-10-21(11-13-23)20-8-6-5-7-9-20/h5-9,14-15,17-18,21,23,28H,10-13,16H2,1-4H3. The molecular weight excluding hydrogens is 384 g/mol. The minimum Gasteiger partial charge on any atom is -0.378 e. The molecule has 1 aromatic carbocycles. The fourth-order valence-electron chi connectivity index (χ4n) is 4.71. The molecule has 0 saturated heterocycles. The normalized spacial score (nSPS) is 19.0. The zero-order valence-corrected chi connectivity index (χ0v) is 19.1. The average Bonchev–Trinajstić information content (AvgIpc) is 3.10. The predicted molar refractivity (Wildman–Crippen MR) is 128 cm³/mol. The third kappa shape index (κ3) is 4.76. The van der Waals surface area contributed by atoms with E-state index < -0.39 is 0 Å². The molecule has 0 amide bonds. The molecule has 3 aromatic rings. The van der Waals surface area contributed by atoms with Crippen molar-refractivity contribution in [3.63, 3.8) is 0 Å². The van der Waals surface area contributed by atoms with Crippen LogP contribution in [0.1, 0.15) is 56.7 Å². The molecule has 0 aliphatic heterocycles. The van der Waals surface area contributed by atoms with Crippen LogP contribution in [0.5, 0.6) is 0 Å². The van der Waals surface area contributed by atoms with Gasteiger partial charge in [0.15, 0.2) is 0 Å². The highest BCUT2D eigenvalue weighted by Gasteiger charge is 2.23. The summed E-state index contributed by atoms with van der Waals surface area (Å²) in [6.07, 6.45) is 8.36. The van der Waals surface area contributed by atoms with Gasteiger partial charge in [-0.1, -0.05) is 44.2 Å². The third-order valence-corrected chi connectivity index (χ3v) is 6.55. The predicted octanol–water partition coefficient (Wildman–Crippen LogP) is 5.35. The van der Waals surface area contributed by atoms with Crippen molar-refractivity contribution in [1.82, 2.24) is 14.3 Å². The number of hydrogen-bond acceptors (Lipinski definition) is 3. The van der Waals surface area contributed by atoms with Crippen LogP contribution in [0.2, 0.25) is 0 Å². The quantitative estimate of drug-likeness (QED) is 0.587. The summed E-state index contributed by atoms with van der Waals surface area (Å²) < 4.78 is 3.75. The summed E-state index contributed by atoms with van der Waals surface area (Å²) in [5.41, 5.74) is 5.45. The molecule has 1 aliphatic carbocycles. The van der Waals surface area contributed by atoms with E-state index in [0.29, 0.717) is 30.1 Å². The highest BCUT2D eigenvalue weighted by molar-refractivity contribution is 5.68. The number of aromatic nitrogens is 3. The molecule has 5 nitrogen and oxygen atoms in total. The molecular formula is C26H34N4O. The van der Waals surface area contributed by atoms with Crippen LogP contribution in [0, 0.1) is 12.8 Å². The lowest BCUT2D eigenvalue weighted by Gasteiger charge is -2.30. The van der Waals surface area contributed by atoms with E-state index in [-0.39, 0.29) is 5.56 Å². The first-order valence-corrected chi connectivity index (χ1v) is 11.5. The Labute approximate surface area is 185 Å². The second kappa shape index (κ2) is 9.13. The van der Waals surface area contributed by atoms with E-state index in [4.69, 9.17) is 0 Å². The highest BCUT2D eigenvalue weighted by atomic mass is 16.1. The summed E-state index contributed by atoms with van der Waals surface area (Å²) in [6.45, 7) is 7.07. The minimum absolute atomic E-state index is 0.0733. The summed E-state index contributed by atoms with van der Waals surface area (Å²) in [6, 6.07) is 13.2. The van der Waals surface area contributed by atoms with E-state index in [9.17, 15) is 4.79 Å². The first kappa shape index (κ1) is 21.4. The van der Waals surface area contributed by atoms with Gasteiger partial charge in [0.05, 0.1) is 6.20 Å². The molecule has 5 heteroatoms. The Morgan fingerprint density at radius 1 is 1.13 bits per heavy atom. The zero-order chi connectivity index (χ0) is 22.0. The molecule has 0 radical (unpaired) electrons. The lowest BCUT2D eigenvalue weighted by atomic mass is 9.82. The molecule has 1 saturated carbocycles. The van der Waals surface area contributed by atoms with Crippen molar-refractivity contribution in [2.75, 3.05) is 5.32 Å². The van der Waals surface area contributed by atoms with Gasteiger partial charge in [-0.25, -0.2) is 0 Å². The van der Waals surface area contributed by atoms with E-state index in [2.05, 4.69) is 61.5 Å². The van der Waals surface area contributed by atoms with Gasteiger partial charge in [0.25, 0.3) is 5.56 Å². The van der Waals surface area contributed by atoms with Crippen LogP contribution in [0.3, 0.4) is 0 Å². The van der Waals surface area contributed by atoms with Crippen molar-refractivity contribution in [3.05, 3.63) is 70.4 Å². The van der Waals surface area contributed by atoms with Gasteiger partial charge in [-0.3, -0.25) is 9.48 Å². The molecule has 0 unspecified atom stereocenters. The number of benzene rings is 1. The van der Waals surface area contributed by atoms with E-state index in [1.165, 1.54) is 5.56 Å². The Kier molecular flexibility index (Phi) is 6.30. The van der Waals surface area contributed by atoms with Gasteiger partial charge in [-0.05, 0) is 56.1 Å². The summed E-state index contributed by atoms with van der Waals surface area (Å²) in [7, 11) is 1.95. The lowest BCUT2D eigenvalue weighted by Crippen LogP contribution is -2.31. The van der Waals surface area contributed by atoms with Crippen LogP contribution in [0.15, 0.2) is 53.6 Å². The Morgan fingerprint density at radius 3 is 2.45 bits per heavy atom. The number of hydrogen-bond donors (Lipinski definition) is 1. The van der Waals surface area contributed by atoms with Crippen molar-refractivity contribution in [1.29, 1.82) is 0 Å². The average molecular weight is 419 g/mol. The fourth-order valence-corrected chi connectivity index (χ4v) is 4.71. The minimum atomic E-state index is 0.0733. The SMILES string of the molecule is Cc1c(-c2cc(NC3CCC(c4ccccc4)CC3)c(=O)n(CC(C)C)c2)cnn1C. The van der Waals surface area contributed by atoms with Gasteiger partial charge in [0, 0.05) is 42.7 Å². The Balaban J connectivity index is 1.57. The Morgan fingerprint density at radius 2 is 1.84 bits per heavy atom. The van der Waals surface area contributed by atoms with Crippen LogP contribution in [-0.4, -0.2) is 20.4 Å². The summed E-state index contributed by atoms with van der Waals surface area (Å²) >= 11 is 0. The number of pyridine rings is 1. The van der Waals surface area contributed by atoms with Crippen molar-refractivity contribution in [3.8, 4) is 11.1 Å². The largest absolute Gasteiger partial charge is 0.378 e. The summed E-state index contributed by atoms with van der Waals surface area (Å²) in [5, 5.41) is 8.01.